The van der Waals surface area contributed by atoms with Gasteiger partial charge < -0.3 is 15.8 Å². The molecule has 5 heteroatoms. The van der Waals surface area contributed by atoms with E-state index >= 15 is 0 Å². The van der Waals surface area contributed by atoms with Gasteiger partial charge in [-0.15, -0.1) is 0 Å². The summed E-state index contributed by atoms with van der Waals surface area (Å²) in [6.07, 6.45) is 4.41. The lowest BCUT2D eigenvalue weighted by Crippen LogP contribution is -2.53. The Hall–Kier alpha value is -1.26. The number of hydrogen-bond acceptors (Lipinski definition) is 3. The Kier molecular flexibility index (Phi) is 4.02. The number of carbonyl (C=O) groups excluding carboxylic acids is 1. The minimum atomic E-state index is -0.741. The van der Waals surface area contributed by atoms with Gasteiger partial charge in [-0.2, -0.15) is 0 Å². The molecule has 1 aliphatic carbocycles. The molecule has 1 saturated carbocycles. The third-order valence-corrected chi connectivity index (χ3v) is 5.09. The Balaban J connectivity index is 2.17. The van der Waals surface area contributed by atoms with Gasteiger partial charge in [0.25, 0.3) is 0 Å². The molecule has 5 nitrogen and oxygen atoms in total. The zero-order chi connectivity index (χ0) is 14.0. The summed E-state index contributed by atoms with van der Waals surface area (Å²) in [5.41, 5.74) is 5.09. The van der Waals surface area contributed by atoms with Crippen LogP contribution in [0, 0.1) is 17.3 Å². The van der Waals surface area contributed by atoms with E-state index in [1.807, 2.05) is 4.90 Å². The first-order valence-electron chi connectivity index (χ1n) is 7.28. The number of rotatable bonds is 2. The zero-order valence-electron chi connectivity index (χ0n) is 11.9. The van der Waals surface area contributed by atoms with Crippen molar-refractivity contribution in [3.05, 3.63) is 0 Å². The molecule has 0 aromatic carbocycles. The zero-order valence-corrected chi connectivity index (χ0v) is 11.9. The molecule has 2 unspecified atom stereocenters. The summed E-state index contributed by atoms with van der Waals surface area (Å²) < 4.78 is 0. The van der Waals surface area contributed by atoms with E-state index in [1.165, 1.54) is 0 Å². The van der Waals surface area contributed by atoms with E-state index in [2.05, 4.69) is 19.0 Å². The Bertz CT molecular complexity index is 375. The van der Waals surface area contributed by atoms with Crippen molar-refractivity contribution in [2.45, 2.75) is 46.0 Å². The van der Waals surface area contributed by atoms with Crippen LogP contribution in [-0.2, 0) is 4.79 Å². The first kappa shape index (κ1) is 14.2. The highest BCUT2D eigenvalue weighted by Gasteiger charge is 2.48. The predicted molar refractivity (Wildman–Crippen MR) is 73.8 cm³/mol. The summed E-state index contributed by atoms with van der Waals surface area (Å²) in [6, 6.07) is 0. The maximum absolute atomic E-state index is 12.8. The van der Waals surface area contributed by atoms with Crippen LogP contribution in [0.4, 0.5) is 0 Å². The third kappa shape index (κ3) is 2.42. The van der Waals surface area contributed by atoms with Gasteiger partial charge in [-0.1, -0.05) is 31.8 Å². The first-order valence-corrected chi connectivity index (χ1v) is 7.28. The highest BCUT2D eigenvalue weighted by molar-refractivity contribution is 6.07. The van der Waals surface area contributed by atoms with E-state index in [0.29, 0.717) is 24.7 Å². The number of amidine groups is 1. The SMILES string of the molecule is CC1CCN(C(=O)C2(C(N)=NO)CCCC2)CC1C. The van der Waals surface area contributed by atoms with Crippen LogP contribution in [0.3, 0.4) is 0 Å². The second-order valence-corrected chi connectivity index (χ2v) is 6.27. The maximum Gasteiger partial charge on any atom is 0.236 e. The minimum absolute atomic E-state index is 0.0686. The Labute approximate surface area is 114 Å². The number of nitrogens with zero attached hydrogens (tertiary/aromatic N) is 2. The van der Waals surface area contributed by atoms with Gasteiger partial charge in [-0.05, 0) is 31.1 Å². The molecule has 2 fully saturated rings. The molecule has 0 spiro atoms. The third-order valence-electron chi connectivity index (χ3n) is 5.09. The molecule has 1 amide bonds. The van der Waals surface area contributed by atoms with Crippen LogP contribution in [0.5, 0.6) is 0 Å². The molecule has 2 aliphatic rings. The summed E-state index contributed by atoms with van der Waals surface area (Å²) in [5, 5.41) is 12.1. The second-order valence-electron chi connectivity index (χ2n) is 6.27. The lowest BCUT2D eigenvalue weighted by Gasteiger charge is -2.40. The summed E-state index contributed by atoms with van der Waals surface area (Å²) >= 11 is 0. The molecule has 0 radical (unpaired) electrons. The molecular formula is C14H25N3O2. The monoisotopic (exact) mass is 267 g/mol. The van der Waals surface area contributed by atoms with Crippen molar-refractivity contribution in [1.29, 1.82) is 0 Å². The highest BCUT2D eigenvalue weighted by Crippen LogP contribution is 2.41. The predicted octanol–water partition coefficient (Wildman–Crippen LogP) is 1.80. The van der Waals surface area contributed by atoms with Crippen molar-refractivity contribution in [1.82, 2.24) is 4.90 Å². The average molecular weight is 267 g/mol. The Morgan fingerprint density at radius 3 is 2.47 bits per heavy atom. The minimum Gasteiger partial charge on any atom is -0.409 e. The van der Waals surface area contributed by atoms with Crippen LogP contribution in [-0.4, -0.2) is 34.9 Å². The van der Waals surface area contributed by atoms with Crippen molar-refractivity contribution in [2.75, 3.05) is 13.1 Å². The van der Waals surface area contributed by atoms with Crippen molar-refractivity contribution < 1.29 is 10.0 Å². The average Bonchev–Trinajstić information content (AvgIpc) is 2.90. The largest absolute Gasteiger partial charge is 0.409 e. The van der Waals surface area contributed by atoms with Crippen LogP contribution in [0.2, 0.25) is 0 Å². The molecule has 1 aliphatic heterocycles. The van der Waals surface area contributed by atoms with Gasteiger partial charge in [0.15, 0.2) is 5.84 Å². The second kappa shape index (κ2) is 5.39. The fourth-order valence-electron chi connectivity index (χ4n) is 3.40. The van der Waals surface area contributed by atoms with Crippen molar-refractivity contribution in [3.8, 4) is 0 Å². The molecule has 1 heterocycles. The lowest BCUT2D eigenvalue weighted by atomic mass is 9.81. The van der Waals surface area contributed by atoms with Gasteiger partial charge in [0.1, 0.15) is 5.41 Å². The molecular weight excluding hydrogens is 242 g/mol. The first-order chi connectivity index (χ1) is 9.01. The fraction of sp³-hybridized carbons (Fsp3) is 0.857. The molecule has 2 atom stereocenters. The molecule has 108 valence electrons. The summed E-state index contributed by atoms with van der Waals surface area (Å²) in [5.74, 6) is 1.34. The summed E-state index contributed by atoms with van der Waals surface area (Å²) in [7, 11) is 0. The van der Waals surface area contributed by atoms with Crippen LogP contribution in [0.25, 0.3) is 0 Å². The smallest absolute Gasteiger partial charge is 0.236 e. The number of amides is 1. The quantitative estimate of drug-likeness (QED) is 0.346. The molecule has 0 aromatic rings. The molecule has 19 heavy (non-hydrogen) atoms. The number of oxime groups is 1. The van der Waals surface area contributed by atoms with E-state index < -0.39 is 5.41 Å². The lowest BCUT2D eigenvalue weighted by molar-refractivity contribution is -0.140. The van der Waals surface area contributed by atoms with E-state index in [4.69, 9.17) is 10.9 Å². The number of carbonyl (C=O) groups is 1. The van der Waals surface area contributed by atoms with Crippen molar-refractivity contribution in [3.63, 3.8) is 0 Å². The van der Waals surface area contributed by atoms with Gasteiger partial charge in [-0.3, -0.25) is 4.79 Å². The molecule has 2 rings (SSSR count). The van der Waals surface area contributed by atoms with Gasteiger partial charge >= 0.3 is 0 Å². The highest BCUT2D eigenvalue weighted by atomic mass is 16.4. The molecule has 3 N–H and O–H groups in total. The standard InChI is InChI=1S/C14H25N3O2/c1-10-5-8-17(9-11(10)2)13(18)14(12(15)16-19)6-3-4-7-14/h10-11,19H,3-9H2,1-2H3,(H2,15,16). The van der Waals surface area contributed by atoms with E-state index in [1.54, 1.807) is 0 Å². The van der Waals surface area contributed by atoms with Crippen LogP contribution >= 0.6 is 0 Å². The Morgan fingerprint density at radius 1 is 1.32 bits per heavy atom. The normalized spacial score (nSPS) is 31.5. The van der Waals surface area contributed by atoms with E-state index in [9.17, 15) is 4.79 Å². The molecule has 0 aromatic heterocycles. The number of piperidine rings is 1. The van der Waals surface area contributed by atoms with E-state index in [-0.39, 0.29) is 11.7 Å². The van der Waals surface area contributed by atoms with Crippen LogP contribution in [0.1, 0.15) is 46.0 Å². The molecule has 1 saturated heterocycles. The van der Waals surface area contributed by atoms with Crippen molar-refractivity contribution >= 4 is 11.7 Å². The van der Waals surface area contributed by atoms with Gasteiger partial charge in [-0.25, -0.2) is 0 Å². The van der Waals surface area contributed by atoms with E-state index in [0.717, 1.165) is 32.4 Å². The number of likely N-dealkylation sites (tertiary alicyclic amines) is 1. The van der Waals surface area contributed by atoms with Crippen LogP contribution < -0.4 is 5.73 Å². The summed E-state index contributed by atoms with van der Waals surface area (Å²) in [4.78, 5) is 14.8. The fourth-order valence-corrected chi connectivity index (χ4v) is 3.40. The molecule has 0 bridgehead atoms. The number of nitrogens with two attached hydrogens (primary N) is 1. The number of hydrogen-bond donors (Lipinski definition) is 2. The van der Waals surface area contributed by atoms with Crippen molar-refractivity contribution in [2.24, 2.45) is 28.1 Å². The summed E-state index contributed by atoms with van der Waals surface area (Å²) in [6.45, 7) is 6.02. The van der Waals surface area contributed by atoms with Gasteiger partial charge in [0.2, 0.25) is 5.91 Å². The van der Waals surface area contributed by atoms with Crippen LogP contribution in [0.15, 0.2) is 5.16 Å². The maximum atomic E-state index is 12.8. The van der Waals surface area contributed by atoms with Gasteiger partial charge in [0.05, 0.1) is 0 Å². The van der Waals surface area contributed by atoms with Gasteiger partial charge in [0, 0.05) is 13.1 Å². The Morgan fingerprint density at radius 2 is 1.95 bits per heavy atom. The topological polar surface area (TPSA) is 78.9 Å².